The highest BCUT2D eigenvalue weighted by Crippen LogP contribution is 2.26. The molecule has 1 aromatic rings. The van der Waals surface area contributed by atoms with E-state index in [1.54, 1.807) is 6.07 Å². The van der Waals surface area contributed by atoms with E-state index < -0.39 is 0 Å². The quantitative estimate of drug-likeness (QED) is 0.907. The first-order valence-corrected chi connectivity index (χ1v) is 7.49. The van der Waals surface area contributed by atoms with Crippen molar-refractivity contribution in [1.82, 2.24) is 10.2 Å². The summed E-state index contributed by atoms with van der Waals surface area (Å²) in [6, 6.07) is 4.47. The number of hydrogen-bond acceptors (Lipinski definition) is 3. The van der Waals surface area contributed by atoms with Crippen molar-refractivity contribution in [2.45, 2.75) is 32.2 Å². The second kappa shape index (κ2) is 7.41. The van der Waals surface area contributed by atoms with Crippen LogP contribution in [0.1, 0.15) is 37.8 Å². The van der Waals surface area contributed by atoms with E-state index in [4.69, 9.17) is 4.74 Å². The third-order valence-corrected chi connectivity index (χ3v) is 3.94. The molecule has 1 unspecified atom stereocenters. The minimum absolute atomic E-state index is 0.0259. The highest BCUT2D eigenvalue weighted by molar-refractivity contribution is 5.77. The molecule has 1 heterocycles. The second-order valence-corrected chi connectivity index (χ2v) is 5.42. The van der Waals surface area contributed by atoms with E-state index in [1.165, 1.54) is 18.6 Å². The molecule has 5 heteroatoms. The van der Waals surface area contributed by atoms with Gasteiger partial charge in [-0.15, -0.1) is 0 Å². The molecule has 0 bridgehead atoms. The molecule has 1 atom stereocenters. The lowest BCUT2D eigenvalue weighted by molar-refractivity contribution is -0.134. The number of carbonyl (C=O) groups excluding carboxylic acids is 1. The van der Waals surface area contributed by atoms with Crippen molar-refractivity contribution in [1.29, 1.82) is 0 Å². The average molecular weight is 294 g/mol. The smallest absolute Gasteiger partial charge is 0.260 e. The normalized spacial score (nSPS) is 16.6. The van der Waals surface area contributed by atoms with E-state index in [9.17, 15) is 9.18 Å². The molecule has 0 aromatic heterocycles. The van der Waals surface area contributed by atoms with E-state index >= 15 is 0 Å². The van der Waals surface area contributed by atoms with Gasteiger partial charge in [0, 0.05) is 30.8 Å². The number of rotatable bonds is 5. The summed E-state index contributed by atoms with van der Waals surface area (Å²) in [5.74, 6) is 0.0479. The Labute approximate surface area is 125 Å². The minimum Gasteiger partial charge on any atom is -0.483 e. The Morgan fingerprint density at radius 3 is 2.76 bits per heavy atom. The Hall–Kier alpha value is -1.62. The lowest BCUT2D eigenvalue weighted by Gasteiger charge is -2.27. The number of nitrogens with one attached hydrogen (secondary N) is 1. The van der Waals surface area contributed by atoms with Gasteiger partial charge in [-0.25, -0.2) is 4.39 Å². The van der Waals surface area contributed by atoms with E-state index in [2.05, 4.69) is 5.32 Å². The maximum atomic E-state index is 13.4. The number of hydrogen-bond donors (Lipinski definition) is 1. The van der Waals surface area contributed by atoms with E-state index in [0.717, 1.165) is 31.5 Å². The van der Waals surface area contributed by atoms with Crippen molar-refractivity contribution in [3.05, 3.63) is 29.6 Å². The number of likely N-dealkylation sites (tertiary alicyclic amines) is 1. The molecule has 2 rings (SSSR count). The third-order valence-electron chi connectivity index (χ3n) is 3.94. The molecular weight excluding hydrogens is 271 g/mol. The predicted octanol–water partition coefficient (Wildman–Crippen LogP) is 2.50. The van der Waals surface area contributed by atoms with Crippen LogP contribution in [0.15, 0.2) is 18.2 Å². The zero-order chi connectivity index (χ0) is 15.2. The molecule has 1 aliphatic rings. The minimum atomic E-state index is -0.359. The second-order valence-electron chi connectivity index (χ2n) is 5.42. The Morgan fingerprint density at radius 2 is 2.10 bits per heavy atom. The summed E-state index contributed by atoms with van der Waals surface area (Å²) in [6.07, 6.45) is 3.28. The van der Waals surface area contributed by atoms with Gasteiger partial charge in [-0.05, 0) is 39.3 Å². The summed E-state index contributed by atoms with van der Waals surface area (Å²) >= 11 is 0. The van der Waals surface area contributed by atoms with Crippen LogP contribution in [0.5, 0.6) is 5.75 Å². The summed E-state index contributed by atoms with van der Waals surface area (Å²) in [7, 11) is 1.83. The van der Waals surface area contributed by atoms with Gasteiger partial charge < -0.3 is 15.0 Å². The maximum absolute atomic E-state index is 13.4. The molecular formula is C16H23FN2O2. The van der Waals surface area contributed by atoms with Gasteiger partial charge in [0.1, 0.15) is 11.6 Å². The lowest BCUT2D eigenvalue weighted by Crippen LogP contribution is -2.38. The van der Waals surface area contributed by atoms with Crippen molar-refractivity contribution < 1.29 is 13.9 Å². The molecule has 4 nitrogen and oxygen atoms in total. The van der Waals surface area contributed by atoms with Crippen molar-refractivity contribution in [3.8, 4) is 5.75 Å². The zero-order valence-electron chi connectivity index (χ0n) is 12.7. The van der Waals surface area contributed by atoms with Gasteiger partial charge >= 0.3 is 0 Å². The first-order chi connectivity index (χ1) is 10.1. The number of carbonyl (C=O) groups is 1. The van der Waals surface area contributed by atoms with Gasteiger partial charge in [0.15, 0.2) is 6.61 Å². The zero-order valence-corrected chi connectivity index (χ0v) is 12.7. The van der Waals surface area contributed by atoms with Crippen LogP contribution in [0.4, 0.5) is 4.39 Å². The molecule has 0 aliphatic carbocycles. The van der Waals surface area contributed by atoms with Gasteiger partial charge in [0.05, 0.1) is 0 Å². The van der Waals surface area contributed by atoms with Crippen LogP contribution in [-0.4, -0.2) is 37.6 Å². The molecule has 1 fully saturated rings. The van der Waals surface area contributed by atoms with Crippen LogP contribution in [0.3, 0.4) is 0 Å². The number of benzene rings is 1. The van der Waals surface area contributed by atoms with E-state index in [0.29, 0.717) is 5.75 Å². The monoisotopic (exact) mass is 294 g/mol. The lowest BCUT2D eigenvalue weighted by atomic mass is 10.1. The fourth-order valence-corrected chi connectivity index (χ4v) is 2.52. The molecule has 0 radical (unpaired) electrons. The van der Waals surface area contributed by atoms with Gasteiger partial charge in [-0.2, -0.15) is 0 Å². The molecule has 1 amide bonds. The van der Waals surface area contributed by atoms with Gasteiger partial charge in [0.25, 0.3) is 5.91 Å². The maximum Gasteiger partial charge on any atom is 0.260 e. The largest absolute Gasteiger partial charge is 0.483 e. The number of halogens is 1. The number of nitrogens with zero attached hydrogens (tertiary/aromatic N) is 1. The Bertz CT molecular complexity index is 487. The average Bonchev–Trinajstić information content (AvgIpc) is 2.52. The Morgan fingerprint density at radius 1 is 1.38 bits per heavy atom. The molecule has 1 aliphatic heterocycles. The molecule has 1 N–H and O–H groups in total. The number of ether oxygens (including phenoxy) is 1. The van der Waals surface area contributed by atoms with Crippen molar-refractivity contribution >= 4 is 5.91 Å². The molecule has 0 saturated carbocycles. The van der Waals surface area contributed by atoms with E-state index in [-0.39, 0.29) is 24.4 Å². The van der Waals surface area contributed by atoms with Crippen LogP contribution in [-0.2, 0) is 4.79 Å². The molecule has 21 heavy (non-hydrogen) atoms. The highest BCUT2D eigenvalue weighted by Gasteiger charge is 2.18. The van der Waals surface area contributed by atoms with Crippen molar-refractivity contribution in [2.24, 2.45) is 0 Å². The number of piperidine rings is 1. The summed E-state index contributed by atoms with van der Waals surface area (Å²) in [5, 5.41) is 3.09. The Balaban J connectivity index is 2.01. The first-order valence-electron chi connectivity index (χ1n) is 7.49. The predicted molar refractivity (Wildman–Crippen MR) is 79.8 cm³/mol. The summed E-state index contributed by atoms with van der Waals surface area (Å²) in [4.78, 5) is 13.9. The Kier molecular flexibility index (Phi) is 5.56. The molecule has 1 aromatic carbocycles. The summed E-state index contributed by atoms with van der Waals surface area (Å²) in [6.45, 7) is 3.52. The van der Waals surface area contributed by atoms with Crippen LogP contribution < -0.4 is 10.1 Å². The fraction of sp³-hybridized carbons (Fsp3) is 0.562. The molecule has 1 saturated heterocycles. The fourth-order valence-electron chi connectivity index (χ4n) is 2.52. The van der Waals surface area contributed by atoms with E-state index in [1.807, 2.05) is 18.9 Å². The summed E-state index contributed by atoms with van der Waals surface area (Å²) < 4.78 is 19.0. The molecule has 0 spiro atoms. The van der Waals surface area contributed by atoms with Crippen LogP contribution in [0, 0.1) is 5.82 Å². The SMILES string of the molecule is CNC(C)c1ccc(F)cc1OCC(=O)N1CCCCC1. The van der Waals surface area contributed by atoms with Crippen molar-refractivity contribution in [3.63, 3.8) is 0 Å². The van der Waals surface area contributed by atoms with Crippen LogP contribution >= 0.6 is 0 Å². The van der Waals surface area contributed by atoms with Gasteiger partial charge in [0.2, 0.25) is 0 Å². The molecule has 116 valence electrons. The summed E-state index contributed by atoms with van der Waals surface area (Å²) in [5.41, 5.74) is 0.852. The topological polar surface area (TPSA) is 41.6 Å². The van der Waals surface area contributed by atoms with Crippen LogP contribution in [0.2, 0.25) is 0 Å². The first kappa shape index (κ1) is 15.8. The van der Waals surface area contributed by atoms with Crippen molar-refractivity contribution in [2.75, 3.05) is 26.7 Å². The number of amides is 1. The van der Waals surface area contributed by atoms with Gasteiger partial charge in [-0.3, -0.25) is 4.79 Å². The highest BCUT2D eigenvalue weighted by atomic mass is 19.1. The van der Waals surface area contributed by atoms with Gasteiger partial charge in [-0.1, -0.05) is 6.07 Å². The third kappa shape index (κ3) is 4.17. The standard InChI is InChI=1S/C16H23FN2O2/c1-12(18-2)14-7-6-13(17)10-15(14)21-11-16(20)19-8-4-3-5-9-19/h6-7,10,12,18H,3-5,8-9,11H2,1-2H3. The van der Waals surface area contributed by atoms with Crippen LogP contribution in [0.25, 0.3) is 0 Å².